The second-order valence-corrected chi connectivity index (χ2v) is 7.18. The fraction of sp³-hybridized carbons (Fsp3) is 0.450. The number of ether oxygens (including phenoxy) is 1. The summed E-state index contributed by atoms with van der Waals surface area (Å²) in [6.45, 7) is 12.7. The second kappa shape index (κ2) is 6.23. The average molecular weight is 310 g/mol. The lowest BCUT2D eigenvalue weighted by atomic mass is 10.1. The third-order valence-electron chi connectivity index (χ3n) is 4.06. The molecule has 122 valence electrons. The van der Waals surface area contributed by atoms with Crippen molar-refractivity contribution in [2.24, 2.45) is 11.8 Å². The molecule has 3 nitrogen and oxygen atoms in total. The minimum absolute atomic E-state index is 0.527. The van der Waals surface area contributed by atoms with Crippen LogP contribution in [0.1, 0.15) is 33.4 Å². The van der Waals surface area contributed by atoms with E-state index in [-0.39, 0.29) is 0 Å². The average Bonchev–Trinajstić information content (AvgIpc) is 2.80. The van der Waals surface area contributed by atoms with E-state index >= 15 is 0 Å². The van der Waals surface area contributed by atoms with Crippen LogP contribution in [-0.2, 0) is 6.54 Å². The number of hydrogen-bond acceptors (Lipinski definition) is 2. The van der Waals surface area contributed by atoms with Gasteiger partial charge in [0.05, 0.1) is 23.3 Å². The normalized spacial score (nSPS) is 12.0. The molecule has 0 fully saturated rings. The molecule has 0 N–H and O–H groups in total. The molecule has 0 saturated heterocycles. The van der Waals surface area contributed by atoms with Gasteiger partial charge in [0.15, 0.2) is 0 Å². The largest absolute Gasteiger partial charge is 0.493 e. The zero-order valence-electron chi connectivity index (χ0n) is 14.8. The summed E-state index contributed by atoms with van der Waals surface area (Å²) in [7, 11) is 0. The number of nitrogens with zero attached hydrogens (tertiary/aromatic N) is 2. The fourth-order valence-corrected chi connectivity index (χ4v) is 3.11. The Bertz CT molecular complexity index is 830. The zero-order chi connectivity index (χ0) is 16.6. The molecule has 3 rings (SSSR count). The van der Waals surface area contributed by atoms with E-state index in [2.05, 4.69) is 68.4 Å². The highest BCUT2D eigenvalue weighted by molar-refractivity contribution is 6.09. The molecule has 2 heterocycles. The molecule has 0 amide bonds. The Morgan fingerprint density at radius 2 is 1.83 bits per heavy atom. The van der Waals surface area contributed by atoms with E-state index in [1.807, 2.05) is 6.20 Å². The molecule has 0 saturated carbocycles. The van der Waals surface area contributed by atoms with Gasteiger partial charge in [-0.25, -0.2) is 0 Å². The van der Waals surface area contributed by atoms with Crippen molar-refractivity contribution in [2.45, 2.75) is 41.2 Å². The maximum absolute atomic E-state index is 5.93. The van der Waals surface area contributed by atoms with Crippen LogP contribution in [0.3, 0.4) is 0 Å². The number of pyridine rings is 1. The van der Waals surface area contributed by atoms with Crippen LogP contribution in [0.25, 0.3) is 21.8 Å². The van der Waals surface area contributed by atoms with Crippen LogP contribution < -0.4 is 4.74 Å². The molecule has 0 aliphatic rings. The highest BCUT2D eigenvalue weighted by Crippen LogP contribution is 2.33. The molecular formula is C20H26N2O. The lowest BCUT2D eigenvalue weighted by Gasteiger charge is -2.12. The number of aryl methyl sites for hydroxylation is 1. The monoisotopic (exact) mass is 310 g/mol. The van der Waals surface area contributed by atoms with Crippen LogP contribution in [0, 0.1) is 18.8 Å². The molecule has 0 atom stereocenters. The maximum Gasteiger partial charge on any atom is 0.121 e. The molecule has 23 heavy (non-hydrogen) atoms. The maximum atomic E-state index is 5.93. The molecule has 3 heteroatoms. The van der Waals surface area contributed by atoms with Crippen LogP contribution >= 0.6 is 0 Å². The van der Waals surface area contributed by atoms with E-state index in [1.165, 1.54) is 21.8 Å². The van der Waals surface area contributed by atoms with Gasteiger partial charge in [-0.2, -0.15) is 0 Å². The Morgan fingerprint density at radius 3 is 2.52 bits per heavy atom. The van der Waals surface area contributed by atoms with Crippen molar-refractivity contribution in [2.75, 3.05) is 6.61 Å². The van der Waals surface area contributed by atoms with E-state index < -0.39 is 0 Å². The standard InChI is InChI=1S/C20H26N2O/c1-13(2)11-22-19-10-16(23-12-14(3)4)6-7-17(19)18-8-9-21-15(5)20(18)22/h6-10,13-14H,11-12H2,1-5H3. The van der Waals surface area contributed by atoms with Gasteiger partial charge in [0.25, 0.3) is 0 Å². The van der Waals surface area contributed by atoms with E-state index in [9.17, 15) is 0 Å². The molecular weight excluding hydrogens is 284 g/mol. The van der Waals surface area contributed by atoms with Gasteiger partial charge >= 0.3 is 0 Å². The SMILES string of the molecule is Cc1nccc2c3ccc(OCC(C)C)cc3n(CC(C)C)c12. The van der Waals surface area contributed by atoms with Crippen LogP contribution in [0.4, 0.5) is 0 Å². The highest BCUT2D eigenvalue weighted by Gasteiger charge is 2.14. The summed E-state index contributed by atoms with van der Waals surface area (Å²) in [5.74, 6) is 2.05. The van der Waals surface area contributed by atoms with Crippen LogP contribution in [0.5, 0.6) is 5.75 Å². The molecule has 3 aromatic rings. The van der Waals surface area contributed by atoms with Gasteiger partial charge in [-0.05, 0) is 37.0 Å². The third kappa shape index (κ3) is 3.05. The van der Waals surface area contributed by atoms with Gasteiger partial charge in [0.1, 0.15) is 5.75 Å². The van der Waals surface area contributed by atoms with E-state index in [0.29, 0.717) is 11.8 Å². The first kappa shape index (κ1) is 15.9. The fourth-order valence-electron chi connectivity index (χ4n) is 3.11. The first-order valence-corrected chi connectivity index (χ1v) is 8.47. The van der Waals surface area contributed by atoms with Crippen LogP contribution in [0.15, 0.2) is 30.5 Å². The third-order valence-corrected chi connectivity index (χ3v) is 4.06. The summed E-state index contributed by atoms with van der Waals surface area (Å²) in [4.78, 5) is 4.50. The quantitative estimate of drug-likeness (QED) is 0.648. The predicted molar refractivity (Wildman–Crippen MR) is 97.1 cm³/mol. The molecule has 0 bridgehead atoms. The van der Waals surface area contributed by atoms with Crippen molar-refractivity contribution < 1.29 is 4.74 Å². The number of benzene rings is 1. The predicted octanol–water partition coefficient (Wildman–Crippen LogP) is 5.19. The van der Waals surface area contributed by atoms with Crippen molar-refractivity contribution in [1.82, 2.24) is 9.55 Å². The molecule has 0 unspecified atom stereocenters. The lowest BCUT2D eigenvalue weighted by molar-refractivity contribution is 0.271. The summed E-state index contributed by atoms with van der Waals surface area (Å²) in [6.07, 6.45) is 1.90. The van der Waals surface area contributed by atoms with Crippen molar-refractivity contribution >= 4 is 21.8 Å². The molecule has 2 aromatic heterocycles. The molecule has 0 aliphatic carbocycles. The van der Waals surface area contributed by atoms with Crippen molar-refractivity contribution in [3.63, 3.8) is 0 Å². The Balaban J connectivity index is 2.20. The van der Waals surface area contributed by atoms with Gasteiger partial charge in [0, 0.05) is 29.6 Å². The smallest absolute Gasteiger partial charge is 0.121 e. The summed E-state index contributed by atoms with van der Waals surface area (Å²) >= 11 is 0. The first-order valence-electron chi connectivity index (χ1n) is 8.47. The number of hydrogen-bond donors (Lipinski definition) is 0. The van der Waals surface area contributed by atoms with E-state index in [4.69, 9.17) is 4.74 Å². The second-order valence-electron chi connectivity index (χ2n) is 7.18. The topological polar surface area (TPSA) is 27.1 Å². The Labute approximate surface area is 138 Å². The number of aromatic nitrogens is 2. The Kier molecular flexibility index (Phi) is 4.29. The van der Waals surface area contributed by atoms with Crippen molar-refractivity contribution in [1.29, 1.82) is 0 Å². The summed E-state index contributed by atoms with van der Waals surface area (Å²) < 4.78 is 8.34. The molecule has 1 aromatic carbocycles. The zero-order valence-corrected chi connectivity index (χ0v) is 14.8. The van der Waals surface area contributed by atoms with Gasteiger partial charge in [0.2, 0.25) is 0 Å². The van der Waals surface area contributed by atoms with Crippen molar-refractivity contribution in [3.8, 4) is 5.75 Å². The Morgan fingerprint density at radius 1 is 1.04 bits per heavy atom. The van der Waals surface area contributed by atoms with Gasteiger partial charge in [-0.1, -0.05) is 27.7 Å². The highest BCUT2D eigenvalue weighted by atomic mass is 16.5. The first-order chi connectivity index (χ1) is 11.0. The van der Waals surface area contributed by atoms with Crippen LogP contribution in [-0.4, -0.2) is 16.2 Å². The number of fused-ring (bicyclic) bond motifs is 3. The van der Waals surface area contributed by atoms with Gasteiger partial charge in [-0.3, -0.25) is 4.98 Å². The minimum Gasteiger partial charge on any atom is -0.493 e. The summed E-state index contributed by atoms with van der Waals surface area (Å²) in [5, 5.41) is 2.56. The summed E-state index contributed by atoms with van der Waals surface area (Å²) in [5.41, 5.74) is 3.58. The Hall–Kier alpha value is -2.03. The van der Waals surface area contributed by atoms with Crippen molar-refractivity contribution in [3.05, 3.63) is 36.2 Å². The molecule has 0 spiro atoms. The summed E-state index contributed by atoms with van der Waals surface area (Å²) in [6, 6.07) is 8.57. The van der Waals surface area contributed by atoms with E-state index in [1.54, 1.807) is 0 Å². The molecule has 0 aliphatic heterocycles. The minimum atomic E-state index is 0.527. The molecule has 0 radical (unpaired) electrons. The lowest BCUT2D eigenvalue weighted by Crippen LogP contribution is -2.06. The van der Waals surface area contributed by atoms with Gasteiger partial charge < -0.3 is 9.30 Å². The number of rotatable bonds is 5. The van der Waals surface area contributed by atoms with Gasteiger partial charge in [-0.15, -0.1) is 0 Å². The van der Waals surface area contributed by atoms with Crippen LogP contribution in [0.2, 0.25) is 0 Å². The van der Waals surface area contributed by atoms with E-state index in [0.717, 1.165) is 24.6 Å².